The topological polar surface area (TPSA) is 63.8 Å². The van der Waals surface area contributed by atoms with E-state index in [4.69, 9.17) is 5.84 Å². The number of nitrogens with zero attached hydrogens (tertiary/aromatic N) is 2. The van der Waals surface area contributed by atoms with Crippen LogP contribution in [0.2, 0.25) is 0 Å². The summed E-state index contributed by atoms with van der Waals surface area (Å²) in [6.45, 7) is 10.6. The number of nitrogens with one attached hydrogen (secondary N) is 1. The molecule has 1 aromatic heterocycles. The molecule has 2 rings (SSSR count). The first-order valence-electron chi connectivity index (χ1n) is 6.70. The molecule has 1 heterocycles. The van der Waals surface area contributed by atoms with E-state index < -0.39 is 0 Å². The average molecular weight is 290 g/mol. The van der Waals surface area contributed by atoms with Gasteiger partial charge < -0.3 is 0 Å². The molecule has 0 aliphatic rings. The van der Waals surface area contributed by atoms with Gasteiger partial charge >= 0.3 is 0 Å². The molecule has 0 saturated carbocycles. The quantitative estimate of drug-likeness (QED) is 0.674. The van der Waals surface area contributed by atoms with E-state index >= 15 is 0 Å². The van der Waals surface area contributed by atoms with Crippen molar-refractivity contribution in [3.63, 3.8) is 0 Å². The second-order valence-electron chi connectivity index (χ2n) is 6.18. The first-order chi connectivity index (χ1) is 9.34. The largest absolute Gasteiger partial charge is 0.271 e. The van der Waals surface area contributed by atoms with Crippen LogP contribution in [0, 0.1) is 13.8 Å². The van der Waals surface area contributed by atoms with Gasteiger partial charge in [0.05, 0.1) is 16.6 Å². The summed E-state index contributed by atoms with van der Waals surface area (Å²) in [5.74, 6) is 5.80. The van der Waals surface area contributed by atoms with Crippen LogP contribution in [0.15, 0.2) is 18.2 Å². The van der Waals surface area contributed by atoms with Crippen molar-refractivity contribution < 1.29 is 0 Å². The maximum Gasteiger partial charge on any atom is 0.0861 e. The summed E-state index contributed by atoms with van der Waals surface area (Å²) in [5.41, 5.74) is 7.56. The van der Waals surface area contributed by atoms with Gasteiger partial charge in [-0.3, -0.25) is 5.84 Å². The van der Waals surface area contributed by atoms with Crippen molar-refractivity contribution in [3.8, 4) is 0 Å². The fraction of sp³-hybridized carbons (Fsp3) is 0.467. The fourth-order valence-electron chi connectivity index (χ4n) is 2.17. The standard InChI is InChI=1S/C15H22N4S/c1-9-6-7-11(8-10(9)2)12(17-16)13-14(15(3,4)5)18-19-20-13/h6-8,12,17H,16H2,1-5H3. The summed E-state index contributed by atoms with van der Waals surface area (Å²) in [6, 6.07) is 6.34. The van der Waals surface area contributed by atoms with Crippen LogP contribution in [-0.2, 0) is 5.41 Å². The zero-order valence-electron chi connectivity index (χ0n) is 12.7. The van der Waals surface area contributed by atoms with Gasteiger partial charge in [-0.25, -0.2) is 5.43 Å². The summed E-state index contributed by atoms with van der Waals surface area (Å²) in [7, 11) is 0. The minimum absolute atomic E-state index is 0.0445. The summed E-state index contributed by atoms with van der Waals surface area (Å²) in [5, 5.41) is 4.29. The van der Waals surface area contributed by atoms with Crippen molar-refractivity contribution in [2.75, 3.05) is 0 Å². The summed E-state index contributed by atoms with van der Waals surface area (Å²) in [6.07, 6.45) is 0. The first-order valence-corrected chi connectivity index (χ1v) is 7.48. The Bertz CT molecular complexity index is 598. The Morgan fingerprint density at radius 1 is 1.20 bits per heavy atom. The number of aromatic nitrogens is 2. The highest BCUT2D eigenvalue weighted by Crippen LogP contribution is 2.33. The molecule has 0 radical (unpaired) electrons. The highest BCUT2D eigenvalue weighted by atomic mass is 32.1. The first kappa shape index (κ1) is 15.1. The summed E-state index contributed by atoms with van der Waals surface area (Å²) < 4.78 is 4.12. The zero-order chi connectivity index (χ0) is 14.9. The van der Waals surface area contributed by atoms with E-state index in [2.05, 4.69) is 67.8 Å². The molecule has 2 aromatic rings. The molecule has 0 aliphatic heterocycles. The summed E-state index contributed by atoms with van der Waals surface area (Å²) >= 11 is 1.41. The predicted octanol–water partition coefficient (Wildman–Crippen LogP) is 3.01. The second-order valence-corrected chi connectivity index (χ2v) is 6.96. The molecule has 1 unspecified atom stereocenters. The SMILES string of the molecule is Cc1ccc(C(NN)c2snnc2C(C)(C)C)cc1C. The Labute approximate surface area is 124 Å². The molecular formula is C15H22N4S. The minimum Gasteiger partial charge on any atom is -0.271 e. The normalized spacial score (nSPS) is 13.5. The molecule has 4 nitrogen and oxygen atoms in total. The Balaban J connectivity index is 2.48. The lowest BCUT2D eigenvalue weighted by Gasteiger charge is -2.22. The third-order valence-electron chi connectivity index (χ3n) is 3.52. The number of benzene rings is 1. The van der Waals surface area contributed by atoms with Gasteiger partial charge in [0.1, 0.15) is 0 Å². The maximum atomic E-state index is 5.80. The van der Waals surface area contributed by atoms with Crippen LogP contribution in [0.3, 0.4) is 0 Å². The lowest BCUT2D eigenvalue weighted by atomic mass is 9.88. The van der Waals surface area contributed by atoms with Crippen molar-refractivity contribution >= 4 is 11.5 Å². The van der Waals surface area contributed by atoms with Gasteiger partial charge in [-0.1, -0.05) is 43.5 Å². The Morgan fingerprint density at radius 3 is 2.45 bits per heavy atom. The van der Waals surface area contributed by atoms with Crippen LogP contribution < -0.4 is 11.3 Å². The van der Waals surface area contributed by atoms with Crippen LogP contribution >= 0.6 is 11.5 Å². The van der Waals surface area contributed by atoms with Gasteiger partial charge in [0.15, 0.2) is 0 Å². The van der Waals surface area contributed by atoms with E-state index in [9.17, 15) is 0 Å². The predicted molar refractivity (Wildman–Crippen MR) is 83.7 cm³/mol. The van der Waals surface area contributed by atoms with Crippen molar-refractivity contribution in [2.45, 2.75) is 46.1 Å². The molecule has 20 heavy (non-hydrogen) atoms. The molecule has 3 N–H and O–H groups in total. The highest BCUT2D eigenvalue weighted by molar-refractivity contribution is 7.05. The van der Waals surface area contributed by atoms with Crippen molar-refractivity contribution in [3.05, 3.63) is 45.5 Å². The van der Waals surface area contributed by atoms with Crippen molar-refractivity contribution in [1.29, 1.82) is 0 Å². The maximum absolute atomic E-state index is 5.80. The Morgan fingerprint density at radius 2 is 1.90 bits per heavy atom. The Kier molecular flexibility index (Phi) is 4.22. The third kappa shape index (κ3) is 2.90. The van der Waals surface area contributed by atoms with E-state index in [-0.39, 0.29) is 11.5 Å². The van der Waals surface area contributed by atoms with Gasteiger partial charge in [-0.05, 0) is 42.1 Å². The number of aryl methyl sites for hydroxylation is 2. The molecule has 0 aliphatic carbocycles. The van der Waals surface area contributed by atoms with Gasteiger partial charge in [0.25, 0.3) is 0 Å². The average Bonchev–Trinajstić information content (AvgIpc) is 2.83. The van der Waals surface area contributed by atoms with Gasteiger partial charge in [0, 0.05) is 5.41 Å². The zero-order valence-corrected chi connectivity index (χ0v) is 13.5. The lowest BCUT2D eigenvalue weighted by molar-refractivity contribution is 0.543. The molecule has 1 atom stereocenters. The van der Waals surface area contributed by atoms with E-state index in [1.165, 1.54) is 22.7 Å². The van der Waals surface area contributed by atoms with Gasteiger partial charge in [0.2, 0.25) is 0 Å². The van der Waals surface area contributed by atoms with Crippen LogP contribution in [0.5, 0.6) is 0 Å². The van der Waals surface area contributed by atoms with Crippen LogP contribution in [0.1, 0.15) is 54.1 Å². The molecular weight excluding hydrogens is 268 g/mol. The minimum atomic E-state index is -0.0662. The van der Waals surface area contributed by atoms with Crippen LogP contribution in [0.25, 0.3) is 0 Å². The number of hydrogen-bond acceptors (Lipinski definition) is 5. The number of hydrazine groups is 1. The van der Waals surface area contributed by atoms with Crippen molar-refractivity contribution in [1.82, 2.24) is 15.0 Å². The molecule has 0 saturated heterocycles. The van der Waals surface area contributed by atoms with Gasteiger partial charge in [-0.2, -0.15) is 0 Å². The second kappa shape index (κ2) is 5.60. The lowest BCUT2D eigenvalue weighted by Crippen LogP contribution is -2.30. The van der Waals surface area contributed by atoms with Crippen molar-refractivity contribution in [2.24, 2.45) is 5.84 Å². The summed E-state index contributed by atoms with van der Waals surface area (Å²) in [4.78, 5) is 1.09. The van der Waals surface area contributed by atoms with E-state index in [1.807, 2.05) is 0 Å². The van der Waals surface area contributed by atoms with E-state index in [1.54, 1.807) is 0 Å². The number of hydrogen-bond donors (Lipinski definition) is 2. The molecule has 0 fully saturated rings. The number of rotatable bonds is 3. The molecule has 0 amide bonds. The smallest absolute Gasteiger partial charge is 0.0861 e. The van der Waals surface area contributed by atoms with Gasteiger partial charge in [-0.15, -0.1) is 5.10 Å². The molecule has 0 spiro atoms. The number of nitrogens with two attached hydrogens (primary N) is 1. The molecule has 5 heteroatoms. The molecule has 108 valence electrons. The van der Waals surface area contributed by atoms with E-state index in [0.29, 0.717) is 0 Å². The highest BCUT2D eigenvalue weighted by Gasteiger charge is 2.27. The van der Waals surface area contributed by atoms with Crippen LogP contribution in [0.4, 0.5) is 0 Å². The third-order valence-corrected chi connectivity index (χ3v) is 4.31. The van der Waals surface area contributed by atoms with Crippen LogP contribution in [-0.4, -0.2) is 9.59 Å². The molecule has 1 aromatic carbocycles. The monoisotopic (exact) mass is 290 g/mol. The molecule has 0 bridgehead atoms. The Hall–Kier alpha value is -1.30. The van der Waals surface area contributed by atoms with E-state index in [0.717, 1.165) is 16.1 Å². The fourth-order valence-corrected chi connectivity index (χ4v) is 3.13.